The van der Waals surface area contributed by atoms with Gasteiger partial charge < -0.3 is 14.8 Å². The van der Waals surface area contributed by atoms with Gasteiger partial charge in [0, 0.05) is 5.92 Å². The average Bonchev–Trinajstić information content (AvgIpc) is 2.41. The number of nitrogens with one attached hydrogen (secondary N) is 1. The molecule has 1 aromatic carbocycles. The van der Waals surface area contributed by atoms with Crippen LogP contribution >= 0.6 is 0 Å². The third-order valence-electron chi connectivity index (χ3n) is 2.95. The lowest BCUT2D eigenvalue weighted by molar-refractivity contribution is -0.124. The Kier molecular flexibility index (Phi) is 6.36. The summed E-state index contributed by atoms with van der Waals surface area (Å²) in [6.45, 7) is 10.8. The quantitative estimate of drug-likeness (QED) is 0.833. The average molecular weight is 279 g/mol. The van der Waals surface area contributed by atoms with Gasteiger partial charge in [-0.3, -0.25) is 4.79 Å². The second kappa shape index (κ2) is 7.78. The predicted molar refractivity (Wildman–Crippen MR) is 80.2 cm³/mol. The summed E-state index contributed by atoms with van der Waals surface area (Å²) >= 11 is 0. The minimum atomic E-state index is -0.0558. The maximum atomic E-state index is 11.7. The van der Waals surface area contributed by atoms with Crippen molar-refractivity contribution in [1.29, 1.82) is 0 Å². The van der Waals surface area contributed by atoms with Crippen LogP contribution in [0, 0.1) is 5.92 Å². The van der Waals surface area contributed by atoms with Crippen molar-refractivity contribution in [2.45, 2.75) is 40.7 Å². The molecule has 0 radical (unpaired) electrons. The van der Waals surface area contributed by atoms with Crippen molar-refractivity contribution in [2.24, 2.45) is 5.92 Å². The highest BCUT2D eigenvalue weighted by atomic mass is 16.5. The number of rotatable bonds is 7. The molecular formula is C16H25NO3. The fourth-order valence-electron chi connectivity index (χ4n) is 1.80. The van der Waals surface area contributed by atoms with Gasteiger partial charge in [-0.05, 0) is 38.5 Å². The second-order valence-corrected chi connectivity index (χ2v) is 4.96. The van der Waals surface area contributed by atoms with Gasteiger partial charge in [0.05, 0.1) is 19.3 Å². The molecule has 0 heterocycles. The molecule has 0 fully saturated rings. The lowest BCUT2D eigenvalue weighted by Gasteiger charge is -2.18. The second-order valence-electron chi connectivity index (χ2n) is 4.96. The molecule has 112 valence electrons. The summed E-state index contributed by atoms with van der Waals surface area (Å²) in [5, 5.41) is 2.98. The van der Waals surface area contributed by atoms with Gasteiger partial charge in [0.1, 0.15) is 0 Å². The first-order valence-corrected chi connectivity index (χ1v) is 7.19. The van der Waals surface area contributed by atoms with Crippen LogP contribution in [0.3, 0.4) is 0 Å². The van der Waals surface area contributed by atoms with Gasteiger partial charge in [0.15, 0.2) is 11.5 Å². The summed E-state index contributed by atoms with van der Waals surface area (Å²) < 4.78 is 11.1. The van der Waals surface area contributed by atoms with Crippen LogP contribution < -0.4 is 14.8 Å². The van der Waals surface area contributed by atoms with Crippen LogP contribution in [0.15, 0.2) is 18.2 Å². The Morgan fingerprint density at radius 1 is 1.10 bits per heavy atom. The molecular weight excluding hydrogens is 254 g/mol. The maximum Gasteiger partial charge on any atom is 0.223 e. The Morgan fingerprint density at radius 3 is 2.25 bits per heavy atom. The van der Waals surface area contributed by atoms with Crippen LogP contribution in [-0.4, -0.2) is 19.1 Å². The van der Waals surface area contributed by atoms with E-state index in [1.165, 1.54) is 0 Å². The molecule has 0 saturated heterocycles. The van der Waals surface area contributed by atoms with Gasteiger partial charge in [0.2, 0.25) is 5.91 Å². The minimum Gasteiger partial charge on any atom is -0.490 e. The first-order valence-electron chi connectivity index (χ1n) is 7.19. The van der Waals surface area contributed by atoms with Crippen molar-refractivity contribution >= 4 is 5.91 Å². The zero-order chi connectivity index (χ0) is 15.1. The van der Waals surface area contributed by atoms with E-state index in [1.54, 1.807) is 0 Å². The van der Waals surface area contributed by atoms with Gasteiger partial charge in [-0.15, -0.1) is 0 Å². The Morgan fingerprint density at radius 2 is 1.70 bits per heavy atom. The zero-order valence-electron chi connectivity index (χ0n) is 13.0. The van der Waals surface area contributed by atoms with E-state index in [0.717, 1.165) is 17.1 Å². The summed E-state index contributed by atoms with van der Waals surface area (Å²) in [7, 11) is 0. The lowest BCUT2D eigenvalue weighted by atomic mass is 10.1. The number of hydrogen-bond acceptors (Lipinski definition) is 3. The summed E-state index contributed by atoms with van der Waals surface area (Å²) in [6, 6.07) is 5.72. The Bertz CT molecular complexity index is 443. The van der Waals surface area contributed by atoms with Gasteiger partial charge >= 0.3 is 0 Å². The summed E-state index contributed by atoms with van der Waals surface area (Å²) in [5.74, 6) is 1.48. The molecule has 1 amide bonds. The molecule has 0 saturated carbocycles. The molecule has 4 nitrogen and oxygen atoms in total. The van der Waals surface area contributed by atoms with Gasteiger partial charge in [-0.2, -0.15) is 0 Å². The van der Waals surface area contributed by atoms with E-state index in [9.17, 15) is 4.79 Å². The molecule has 0 aliphatic rings. The van der Waals surface area contributed by atoms with Crippen LogP contribution in [0.1, 0.15) is 46.2 Å². The van der Waals surface area contributed by atoms with Crippen LogP contribution in [0.25, 0.3) is 0 Å². The largest absolute Gasteiger partial charge is 0.490 e. The van der Waals surface area contributed by atoms with Crippen molar-refractivity contribution in [3.63, 3.8) is 0 Å². The van der Waals surface area contributed by atoms with Gasteiger partial charge in [0.25, 0.3) is 0 Å². The van der Waals surface area contributed by atoms with E-state index < -0.39 is 0 Å². The number of carbonyl (C=O) groups is 1. The molecule has 1 atom stereocenters. The van der Waals surface area contributed by atoms with Crippen molar-refractivity contribution in [3.05, 3.63) is 23.8 Å². The molecule has 0 unspecified atom stereocenters. The number of hydrogen-bond donors (Lipinski definition) is 1. The van der Waals surface area contributed by atoms with E-state index in [1.807, 2.05) is 52.8 Å². The molecule has 0 aliphatic heterocycles. The molecule has 4 heteroatoms. The molecule has 0 aliphatic carbocycles. The molecule has 0 bridgehead atoms. The van der Waals surface area contributed by atoms with Gasteiger partial charge in [-0.1, -0.05) is 19.9 Å². The Hall–Kier alpha value is -1.71. The predicted octanol–water partition coefficient (Wildman–Crippen LogP) is 3.32. The standard InChI is InChI=1S/C16H25NO3/c1-6-19-14-9-8-13(10-15(14)20-7-2)12(5)17-16(18)11(3)4/h8-12H,6-7H2,1-5H3,(H,17,18)/t12-/m0/s1. The normalized spacial score (nSPS) is 12.1. The molecule has 1 rings (SSSR count). The minimum absolute atomic E-state index is 0.0217. The van der Waals surface area contributed by atoms with Crippen LogP contribution in [-0.2, 0) is 4.79 Å². The van der Waals surface area contributed by atoms with Crippen LogP contribution in [0.2, 0.25) is 0 Å². The number of benzene rings is 1. The third-order valence-corrected chi connectivity index (χ3v) is 2.95. The molecule has 1 N–H and O–H groups in total. The van der Waals surface area contributed by atoms with E-state index in [0.29, 0.717) is 13.2 Å². The van der Waals surface area contributed by atoms with Crippen LogP contribution in [0.4, 0.5) is 0 Å². The van der Waals surface area contributed by atoms with Crippen molar-refractivity contribution < 1.29 is 14.3 Å². The van der Waals surface area contributed by atoms with Crippen molar-refractivity contribution in [2.75, 3.05) is 13.2 Å². The van der Waals surface area contributed by atoms with Gasteiger partial charge in [-0.25, -0.2) is 0 Å². The van der Waals surface area contributed by atoms with E-state index >= 15 is 0 Å². The van der Waals surface area contributed by atoms with Crippen LogP contribution in [0.5, 0.6) is 11.5 Å². The van der Waals surface area contributed by atoms with E-state index in [4.69, 9.17) is 9.47 Å². The topological polar surface area (TPSA) is 47.6 Å². The number of carbonyl (C=O) groups excluding carboxylic acids is 1. The summed E-state index contributed by atoms with van der Waals surface area (Å²) in [4.78, 5) is 11.7. The van der Waals surface area contributed by atoms with E-state index in [2.05, 4.69) is 5.32 Å². The summed E-state index contributed by atoms with van der Waals surface area (Å²) in [6.07, 6.45) is 0. The van der Waals surface area contributed by atoms with Crippen molar-refractivity contribution in [1.82, 2.24) is 5.32 Å². The molecule has 20 heavy (non-hydrogen) atoms. The third kappa shape index (κ3) is 4.44. The first kappa shape index (κ1) is 16.3. The Balaban J connectivity index is 2.89. The molecule has 0 spiro atoms. The monoisotopic (exact) mass is 279 g/mol. The Labute approximate surface area is 121 Å². The number of ether oxygens (including phenoxy) is 2. The highest BCUT2D eigenvalue weighted by Gasteiger charge is 2.14. The molecule has 1 aromatic rings. The highest BCUT2D eigenvalue weighted by molar-refractivity contribution is 5.78. The summed E-state index contributed by atoms with van der Waals surface area (Å²) in [5.41, 5.74) is 1.01. The SMILES string of the molecule is CCOc1ccc([C@H](C)NC(=O)C(C)C)cc1OCC. The van der Waals surface area contributed by atoms with E-state index in [-0.39, 0.29) is 17.9 Å². The number of amides is 1. The fourth-order valence-corrected chi connectivity index (χ4v) is 1.80. The van der Waals surface area contributed by atoms with Crippen molar-refractivity contribution in [3.8, 4) is 11.5 Å². The zero-order valence-corrected chi connectivity index (χ0v) is 13.0. The first-order chi connectivity index (χ1) is 9.49. The fraction of sp³-hybridized carbons (Fsp3) is 0.562. The smallest absolute Gasteiger partial charge is 0.223 e. The maximum absolute atomic E-state index is 11.7. The molecule has 0 aromatic heterocycles. The lowest BCUT2D eigenvalue weighted by Crippen LogP contribution is -2.30. The highest BCUT2D eigenvalue weighted by Crippen LogP contribution is 2.30.